The highest BCUT2D eigenvalue weighted by Gasteiger charge is 2.26. The van der Waals surface area contributed by atoms with Gasteiger partial charge < -0.3 is 24.6 Å². The van der Waals surface area contributed by atoms with Gasteiger partial charge in [0, 0.05) is 37.3 Å². The summed E-state index contributed by atoms with van der Waals surface area (Å²) in [5, 5.41) is 5.59. The maximum absolute atomic E-state index is 13.2. The van der Waals surface area contributed by atoms with E-state index in [1.807, 2.05) is 80.4 Å². The van der Waals surface area contributed by atoms with E-state index in [-0.39, 0.29) is 18.4 Å². The van der Waals surface area contributed by atoms with E-state index in [0.29, 0.717) is 54.9 Å². The highest BCUT2D eigenvalue weighted by Crippen LogP contribution is 2.30. The molecule has 0 atom stereocenters. The Kier molecular flexibility index (Phi) is 10.9. The maximum atomic E-state index is 13.2. The Morgan fingerprint density at radius 2 is 1.67 bits per heavy atom. The summed E-state index contributed by atoms with van der Waals surface area (Å²) in [7, 11) is 1.92. The number of fused-ring (bicyclic) bond motifs is 1. The first kappa shape index (κ1) is 32.5. The molecule has 242 valence electrons. The predicted octanol–water partition coefficient (Wildman–Crippen LogP) is 6.48. The average Bonchev–Trinajstić information content (AvgIpc) is 3.05. The van der Waals surface area contributed by atoms with E-state index < -0.39 is 12.0 Å². The molecule has 3 amide bonds. The van der Waals surface area contributed by atoms with E-state index >= 15 is 0 Å². The second-order valence-corrected chi connectivity index (χ2v) is 12.0. The van der Waals surface area contributed by atoms with Crippen molar-refractivity contribution in [2.24, 2.45) is 4.99 Å². The Labute approximate surface area is 270 Å². The number of urea groups is 1. The summed E-state index contributed by atoms with van der Waals surface area (Å²) in [5.41, 5.74) is 3.83. The number of hydrogen-bond acceptors (Lipinski definition) is 7. The minimum absolute atomic E-state index is 0.140. The number of anilines is 1. The average molecular weight is 626 g/mol. The molecule has 10 heteroatoms. The summed E-state index contributed by atoms with van der Waals surface area (Å²) >= 11 is 0. The van der Waals surface area contributed by atoms with Gasteiger partial charge in [-0.05, 0) is 74.6 Å². The van der Waals surface area contributed by atoms with Crippen molar-refractivity contribution >= 4 is 35.2 Å². The molecular formula is C36H43N5O5. The zero-order valence-electron chi connectivity index (χ0n) is 26.9. The number of carbonyl (C=O) groups excluding carboxylic acids is 3. The Hall–Kier alpha value is -4.86. The van der Waals surface area contributed by atoms with Gasteiger partial charge in [0.25, 0.3) is 0 Å². The van der Waals surface area contributed by atoms with Gasteiger partial charge in [0.05, 0.1) is 12.3 Å². The van der Waals surface area contributed by atoms with Crippen LogP contribution in [0.1, 0.15) is 61.6 Å². The Morgan fingerprint density at radius 3 is 2.41 bits per heavy atom. The van der Waals surface area contributed by atoms with Crippen molar-refractivity contribution in [1.29, 1.82) is 0 Å². The van der Waals surface area contributed by atoms with Crippen LogP contribution in [0.25, 0.3) is 0 Å². The lowest BCUT2D eigenvalue weighted by molar-refractivity contribution is -0.135. The number of ether oxygens (including phenoxy) is 2. The van der Waals surface area contributed by atoms with Crippen LogP contribution < -0.4 is 20.1 Å². The molecule has 0 unspecified atom stereocenters. The van der Waals surface area contributed by atoms with Crippen LogP contribution in [0.3, 0.4) is 0 Å². The van der Waals surface area contributed by atoms with Crippen LogP contribution in [-0.4, -0.2) is 59.9 Å². The number of nitrogens with one attached hydrogen (secondary N) is 2. The minimum atomic E-state index is -0.481. The molecule has 0 spiro atoms. The summed E-state index contributed by atoms with van der Waals surface area (Å²) < 4.78 is 11.8. The van der Waals surface area contributed by atoms with Gasteiger partial charge in [0.15, 0.2) is 0 Å². The van der Waals surface area contributed by atoms with E-state index in [1.165, 1.54) is 19.3 Å². The lowest BCUT2D eigenvalue weighted by Crippen LogP contribution is -2.48. The van der Waals surface area contributed by atoms with Crippen LogP contribution in [0.4, 0.5) is 16.2 Å². The van der Waals surface area contributed by atoms with Crippen molar-refractivity contribution in [1.82, 2.24) is 15.1 Å². The quantitative estimate of drug-likeness (QED) is 0.151. The van der Waals surface area contributed by atoms with E-state index in [9.17, 15) is 14.4 Å². The predicted molar refractivity (Wildman–Crippen MR) is 178 cm³/mol. The summed E-state index contributed by atoms with van der Waals surface area (Å²) in [6.45, 7) is 4.34. The molecule has 1 aliphatic carbocycles. The molecule has 10 nitrogen and oxygen atoms in total. The molecule has 2 N–H and O–H groups in total. The van der Waals surface area contributed by atoms with Gasteiger partial charge in [-0.3, -0.25) is 10.1 Å². The standard InChI is InChI=1S/C36H43N5O5/c1-25-12-10-13-26(2)34(25)46-33(43)24-41-23-27-22-30(45-21-11-18-32(42)40(3)29-16-8-5-9-17-29)19-20-31(27)38-35(41)39-36(44)37-28-14-6-4-7-15-28/h4,6-7,10,12-15,19-20,22,29H,5,8-9,11,16-18,21,23-24H2,1-3H3,(H2,37,38,39,44). The second-order valence-electron chi connectivity index (χ2n) is 12.0. The molecular weight excluding hydrogens is 582 g/mol. The smallest absolute Gasteiger partial charge is 0.331 e. The molecule has 1 fully saturated rings. The summed E-state index contributed by atoms with van der Waals surface area (Å²) in [5.74, 6) is 1.09. The van der Waals surface area contributed by atoms with Crippen molar-refractivity contribution < 1.29 is 23.9 Å². The number of guanidine groups is 1. The molecule has 1 aliphatic heterocycles. The van der Waals surface area contributed by atoms with Gasteiger partial charge in [-0.1, -0.05) is 55.7 Å². The maximum Gasteiger partial charge on any atom is 0.331 e. The van der Waals surface area contributed by atoms with E-state index in [0.717, 1.165) is 29.5 Å². The molecule has 0 saturated heterocycles. The number of hydrogen-bond donors (Lipinski definition) is 2. The molecule has 3 aromatic carbocycles. The van der Waals surface area contributed by atoms with Crippen LogP contribution in [-0.2, 0) is 16.1 Å². The van der Waals surface area contributed by atoms with Gasteiger partial charge >= 0.3 is 12.0 Å². The van der Waals surface area contributed by atoms with Crippen molar-refractivity contribution in [3.63, 3.8) is 0 Å². The lowest BCUT2D eigenvalue weighted by atomic mass is 9.94. The molecule has 1 heterocycles. The first-order chi connectivity index (χ1) is 22.3. The van der Waals surface area contributed by atoms with Gasteiger partial charge in [0.1, 0.15) is 18.0 Å². The van der Waals surface area contributed by atoms with Crippen LogP contribution in [0, 0.1) is 13.8 Å². The van der Waals surface area contributed by atoms with Crippen molar-refractivity contribution in [3.8, 4) is 11.5 Å². The molecule has 46 heavy (non-hydrogen) atoms. The fourth-order valence-corrected chi connectivity index (χ4v) is 5.90. The summed E-state index contributed by atoms with van der Waals surface area (Å²) in [4.78, 5) is 47.0. The number of para-hydroxylation sites is 2. The van der Waals surface area contributed by atoms with Crippen LogP contribution in [0.2, 0.25) is 0 Å². The number of amides is 3. The van der Waals surface area contributed by atoms with Crippen molar-refractivity contribution in [3.05, 3.63) is 83.4 Å². The van der Waals surface area contributed by atoms with Crippen LogP contribution >= 0.6 is 0 Å². The third-order valence-electron chi connectivity index (χ3n) is 8.46. The topological polar surface area (TPSA) is 113 Å². The normalized spacial score (nSPS) is 14.5. The molecule has 5 rings (SSSR count). The monoisotopic (exact) mass is 625 g/mol. The highest BCUT2D eigenvalue weighted by atomic mass is 16.5. The van der Waals surface area contributed by atoms with Crippen molar-refractivity contribution in [2.45, 2.75) is 71.4 Å². The SMILES string of the molecule is Cc1cccc(C)c1OC(=O)CN1Cc2cc(OCCCC(=O)N(C)C3CCCCC3)ccc2N=C1NC(=O)Nc1ccccc1. The van der Waals surface area contributed by atoms with Crippen molar-refractivity contribution in [2.75, 3.05) is 25.5 Å². The fourth-order valence-electron chi connectivity index (χ4n) is 5.90. The van der Waals surface area contributed by atoms with Gasteiger partial charge in [-0.2, -0.15) is 0 Å². The number of esters is 1. The molecule has 2 aliphatic rings. The van der Waals surface area contributed by atoms with E-state index in [1.54, 1.807) is 17.0 Å². The fraction of sp³-hybridized carbons (Fsp3) is 0.389. The zero-order chi connectivity index (χ0) is 32.5. The lowest BCUT2D eigenvalue weighted by Gasteiger charge is -2.31. The third-order valence-corrected chi connectivity index (χ3v) is 8.46. The number of rotatable bonds is 10. The Bertz CT molecular complexity index is 1550. The van der Waals surface area contributed by atoms with Crippen LogP contribution in [0.5, 0.6) is 11.5 Å². The summed E-state index contributed by atoms with van der Waals surface area (Å²) in [6.07, 6.45) is 6.88. The van der Waals surface area contributed by atoms with Gasteiger partial charge in [-0.15, -0.1) is 0 Å². The number of aliphatic imine (C=N–C) groups is 1. The number of carbonyl (C=O) groups is 3. The Morgan fingerprint density at radius 1 is 0.935 bits per heavy atom. The molecule has 1 saturated carbocycles. The Balaban J connectivity index is 1.24. The number of aryl methyl sites for hydroxylation is 2. The third kappa shape index (κ3) is 8.65. The molecule has 0 bridgehead atoms. The number of nitrogens with zero attached hydrogens (tertiary/aromatic N) is 3. The van der Waals surface area contributed by atoms with Gasteiger partial charge in [-0.25, -0.2) is 14.6 Å². The first-order valence-corrected chi connectivity index (χ1v) is 16.0. The van der Waals surface area contributed by atoms with Gasteiger partial charge in [0.2, 0.25) is 11.9 Å². The van der Waals surface area contributed by atoms with E-state index in [2.05, 4.69) is 15.6 Å². The summed E-state index contributed by atoms with van der Waals surface area (Å²) in [6, 6.07) is 20.2. The highest BCUT2D eigenvalue weighted by molar-refractivity contribution is 6.04. The first-order valence-electron chi connectivity index (χ1n) is 16.0. The second kappa shape index (κ2) is 15.4. The zero-order valence-corrected chi connectivity index (χ0v) is 26.9. The van der Waals surface area contributed by atoms with E-state index in [4.69, 9.17) is 9.47 Å². The number of benzene rings is 3. The molecule has 0 aromatic heterocycles. The largest absolute Gasteiger partial charge is 0.494 e. The molecule has 3 aromatic rings. The molecule has 0 radical (unpaired) electrons. The van der Waals surface area contributed by atoms with Crippen LogP contribution in [0.15, 0.2) is 71.7 Å². The minimum Gasteiger partial charge on any atom is -0.494 e.